The lowest BCUT2D eigenvalue weighted by Crippen LogP contribution is -2.38. The molecule has 1 unspecified atom stereocenters. The Morgan fingerprint density at radius 3 is 2.35 bits per heavy atom. The summed E-state index contributed by atoms with van der Waals surface area (Å²) in [6.07, 6.45) is -2.10. The minimum Gasteiger partial charge on any atom is -0.450 e. The van der Waals surface area contributed by atoms with E-state index in [-0.39, 0.29) is 18.1 Å². The number of alkyl carbamates (subject to hydrolysis) is 1. The molecule has 20 heavy (non-hydrogen) atoms. The zero-order valence-corrected chi connectivity index (χ0v) is 11.1. The maximum Gasteiger partial charge on any atom is 0.511 e. The van der Waals surface area contributed by atoms with Crippen LogP contribution in [0.25, 0.3) is 0 Å². The highest BCUT2D eigenvalue weighted by molar-refractivity contribution is 6.01. The Hall–Kier alpha value is -2.57. The van der Waals surface area contributed by atoms with Gasteiger partial charge in [-0.15, -0.1) is 0 Å². The quantitative estimate of drug-likeness (QED) is 0.486. The minimum atomic E-state index is -1.43. The average molecular weight is 281 g/mol. The molecule has 2 N–H and O–H groups in total. The summed E-state index contributed by atoms with van der Waals surface area (Å²) in [7, 11) is 0. The predicted molar refractivity (Wildman–Crippen MR) is 69.0 cm³/mol. The third-order valence-corrected chi connectivity index (χ3v) is 2.35. The lowest BCUT2D eigenvalue weighted by atomic mass is 10.1. The van der Waals surface area contributed by atoms with Gasteiger partial charge in [-0.25, -0.2) is 9.59 Å². The topological polar surface area (TPSA) is 102 Å². The molecular weight excluding hydrogens is 266 g/mol. The van der Waals surface area contributed by atoms with E-state index in [1.54, 1.807) is 6.92 Å². The summed E-state index contributed by atoms with van der Waals surface area (Å²) >= 11 is 0. The molecule has 7 nitrogen and oxygen atoms in total. The number of carbonyl (C=O) groups excluding carboxylic acids is 2. The van der Waals surface area contributed by atoms with Crippen molar-refractivity contribution in [3.63, 3.8) is 0 Å². The molecule has 0 heterocycles. The number of carbonyl (C=O) groups is 3. The second-order valence-corrected chi connectivity index (χ2v) is 3.84. The Bertz CT molecular complexity index is 496. The first-order valence-electron chi connectivity index (χ1n) is 5.92. The molecule has 108 valence electrons. The van der Waals surface area contributed by atoms with Crippen LogP contribution in [-0.2, 0) is 4.74 Å². The Labute approximate surface area is 115 Å². The number of hydrogen-bond acceptors (Lipinski definition) is 5. The van der Waals surface area contributed by atoms with E-state index in [2.05, 4.69) is 14.8 Å². The van der Waals surface area contributed by atoms with Gasteiger partial charge in [0.05, 0.1) is 12.6 Å². The number of amides is 1. The molecule has 0 aliphatic carbocycles. The number of carboxylic acid groups (broad SMARTS) is 1. The van der Waals surface area contributed by atoms with E-state index >= 15 is 0 Å². The zero-order valence-electron chi connectivity index (χ0n) is 11.1. The van der Waals surface area contributed by atoms with Crippen LogP contribution in [0.15, 0.2) is 24.3 Å². The van der Waals surface area contributed by atoms with E-state index in [0.29, 0.717) is 5.56 Å². The molecule has 1 amide bonds. The van der Waals surface area contributed by atoms with Crippen molar-refractivity contribution >= 4 is 18.0 Å². The predicted octanol–water partition coefficient (Wildman–Crippen LogP) is 2.06. The van der Waals surface area contributed by atoms with E-state index in [0.717, 1.165) is 0 Å². The van der Waals surface area contributed by atoms with Gasteiger partial charge in [0.15, 0.2) is 5.78 Å². The molecule has 0 aromatic heterocycles. The van der Waals surface area contributed by atoms with Crippen LogP contribution in [0.4, 0.5) is 9.59 Å². The van der Waals surface area contributed by atoms with Crippen LogP contribution >= 0.6 is 0 Å². The molecule has 1 atom stereocenters. The van der Waals surface area contributed by atoms with Gasteiger partial charge in [-0.1, -0.05) is 0 Å². The molecule has 1 rings (SSSR count). The molecule has 7 heteroatoms. The second-order valence-electron chi connectivity index (χ2n) is 3.84. The highest BCUT2D eigenvalue weighted by Crippen LogP contribution is 2.13. The van der Waals surface area contributed by atoms with E-state index in [9.17, 15) is 14.4 Å². The van der Waals surface area contributed by atoms with Gasteiger partial charge in [0.1, 0.15) is 5.75 Å². The normalized spacial score (nSPS) is 11.3. The molecule has 0 aliphatic rings. The largest absolute Gasteiger partial charge is 0.511 e. The number of hydrogen-bond donors (Lipinski definition) is 2. The van der Waals surface area contributed by atoms with Gasteiger partial charge in [-0.2, -0.15) is 0 Å². The number of ketones is 1. The van der Waals surface area contributed by atoms with Gasteiger partial charge in [0.25, 0.3) is 0 Å². The van der Waals surface area contributed by atoms with Crippen molar-refractivity contribution in [1.82, 2.24) is 5.32 Å². The van der Waals surface area contributed by atoms with E-state index in [1.807, 2.05) is 0 Å². The van der Waals surface area contributed by atoms with Gasteiger partial charge in [0, 0.05) is 5.56 Å². The van der Waals surface area contributed by atoms with Crippen LogP contribution in [0, 0.1) is 0 Å². The first kappa shape index (κ1) is 15.5. The maximum absolute atomic E-state index is 12.0. The molecule has 0 fully saturated rings. The van der Waals surface area contributed by atoms with Gasteiger partial charge in [-0.05, 0) is 38.1 Å². The van der Waals surface area contributed by atoms with Crippen molar-refractivity contribution in [2.75, 3.05) is 6.61 Å². The molecule has 0 aliphatic heterocycles. The second kappa shape index (κ2) is 7.13. The van der Waals surface area contributed by atoms with Crippen LogP contribution in [0.1, 0.15) is 24.2 Å². The first-order valence-corrected chi connectivity index (χ1v) is 5.92. The fourth-order valence-electron chi connectivity index (χ4n) is 1.45. The lowest BCUT2D eigenvalue weighted by Gasteiger charge is -2.12. The summed E-state index contributed by atoms with van der Waals surface area (Å²) in [6, 6.07) is 4.81. The number of nitrogens with one attached hydrogen (secondary N) is 1. The Morgan fingerprint density at radius 2 is 1.85 bits per heavy atom. The molecule has 0 saturated heterocycles. The summed E-state index contributed by atoms with van der Waals surface area (Å²) in [4.78, 5) is 33.5. The fourth-order valence-corrected chi connectivity index (χ4v) is 1.45. The average Bonchev–Trinajstić information content (AvgIpc) is 2.38. The summed E-state index contributed by atoms with van der Waals surface area (Å²) < 4.78 is 9.10. The van der Waals surface area contributed by atoms with Crippen LogP contribution < -0.4 is 10.1 Å². The van der Waals surface area contributed by atoms with E-state index < -0.39 is 18.3 Å². The fraction of sp³-hybridized carbons (Fsp3) is 0.308. The number of ether oxygens (including phenoxy) is 2. The minimum absolute atomic E-state index is 0.111. The Morgan fingerprint density at radius 1 is 1.25 bits per heavy atom. The van der Waals surface area contributed by atoms with Crippen LogP contribution in [0.2, 0.25) is 0 Å². The summed E-state index contributed by atoms with van der Waals surface area (Å²) in [5, 5.41) is 10.8. The summed E-state index contributed by atoms with van der Waals surface area (Å²) in [6.45, 7) is 3.40. The highest BCUT2D eigenvalue weighted by Gasteiger charge is 2.18. The van der Waals surface area contributed by atoms with Crippen molar-refractivity contribution in [1.29, 1.82) is 0 Å². The van der Waals surface area contributed by atoms with Gasteiger partial charge in [-0.3, -0.25) is 4.79 Å². The molecule has 0 saturated carbocycles. The summed E-state index contributed by atoms with van der Waals surface area (Å²) in [5.41, 5.74) is 0.326. The van der Waals surface area contributed by atoms with Crippen molar-refractivity contribution in [3.05, 3.63) is 29.8 Å². The monoisotopic (exact) mass is 281 g/mol. The molecule has 1 aromatic carbocycles. The SMILES string of the molecule is CCOC(=O)NC(C)C(=O)c1ccc(OC(=O)O)cc1. The van der Waals surface area contributed by atoms with Crippen LogP contribution in [-0.4, -0.2) is 35.8 Å². The van der Waals surface area contributed by atoms with Crippen molar-refractivity contribution in [2.24, 2.45) is 0 Å². The molecule has 1 aromatic rings. The number of benzene rings is 1. The zero-order chi connectivity index (χ0) is 15.1. The van der Waals surface area contributed by atoms with E-state index in [1.165, 1.54) is 31.2 Å². The lowest BCUT2D eigenvalue weighted by molar-refractivity contribution is 0.0933. The molecule has 0 bridgehead atoms. The van der Waals surface area contributed by atoms with Crippen molar-refractivity contribution in [3.8, 4) is 5.75 Å². The van der Waals surface area contributed by atoms with Gasteiger partial charge in [0.2, 0.25) is 0 Å². The molecule has 0 radical (unpaired) electrons. The standard InChI is InChI=1S/C13H15NO6/c1-3-19-12(16)14-8(2)11(15)9-4-6-10(7-5-9)20-13(17)18/h4-8H,3H2,1-2H3,(H,14,16)(H,17,18). The summed E-state index contributed by atoms with van der Waals surface area (Å²) in [5.74, 6) is -0.208. The van der Waals surface area contributed by atoms with Crippen molar-refractivity contribution in [2.45, 2.75) is 19.9 Å². The van der Waals surface area contributed by atoms with Crippen LogP contribution in [0.5, 0.6) is 5.75 Å². The van der Waals surface area contributed by atoms with Crippen molar-refractivity contribution < 1.29 is 29.0 Å². The molecular formula is C13H15NO6. The number of rotatable bonds is 5. The van der Waals surface area contributed by atoms with Crippen LogP contribution in [0.3, 0.4) is 0 Å². The Kier molecular flexibility index (Phi) is 5.52. The van der Waals surface area contributed by atoms with Gasteiger partial charge >= 0.3 is 12.2 Å². The third-order valence-electron chi connectivity index (χ3n) is 2.35. The maximum atomic E-state index is 12.0. The molecule has 0 spiro atoms. The number of Topliss-reactive ketones (excluding diaryl/α,β-unsaturated/α-hetero) is 1. The third kappa shape index (κ3) is 4.60. The smallest absolute Gasteiger partial charge is 0.450 e. The van der Waals surface area contributed by atoms with Gasteiger partial charge < -0.3 is 19.9 Å². The van der Waals surface area contributed by atoms with E-state index in [4.69, 9.17) is 5.11 Å². The first-order chi connectivity index (χ1) is 9.43. The Balaban J connectivity index is 2.67. The highest BCUT2D eigenvalue weighted by atomic mass is 16.7.